The summed E-state index contributed by atoms with van der Waals surface area (Å²) in [6, 6.07) is -0.387. The zero-order chi connectivity index (χ0) is 7.98. The maximum absolute atomic E-state index is 10.7. The van der Waals surface area contributed by atoms with Crippen molar-refractivity contribution in [2.45, 2.75) is 6.04 Å². The zero-order valence-electron chi connectivity index (χ0n) is 5.87. The highest BCUT2D eigenvalue weighted by atomic mass is 33.1. The van der Waals surface area contributed by atoms with Crippen molar-refractivity contribution in [2.24, 2.45) is 11.5 Å². The molecule has 3 nitrogen and oxygen atoms in total. The van der Waals surface area contributed by atoms with Crippen molar-refractivity contribution < 1.29 is 4.79 Å². The topological polar surface area (TPSA) is 69.1 Å². The lowest BCUT2D eigenvalue weighted by molar-refractivity contribution is -0.118. The van der Waals surface area contributed by atoms with Gasteiger partial charge in [0.15, 0.2) is 5.78 Å². The van der Waals surface area contributed by atoms with Crippen molar-refractivity contribution >= 4 is 27.4 Å². The van der Waals surface area contributed by atoms with Crippen molar-refractivity contribution in [3.63, 3.8) is 0 Å². The van der Waals surface area contributed by atoms with Gasteiger partial charge in [-0.05, 0) is 6.26 Å². The van der Waals surface area contributed by atoms with Gasteiger partial charge in [0.05, 0.1) is 12.6 Å². The van der Waals surface area contributed by atoms with Gasteiger partial charge in [-0.2, -0.15) is 0 Å². The third-order valence-electron chi connectivity index (χ3n) is 0.980. The minimum atomic E-state index is -0.387. The van der Waals surface area contributed by atoms with Crippen LogP contribution in [-0.2, 0) is 4.79 Å². The molecule has 0 radical (unpaired) electrons. The molecule has 0 saturated carbocycles. The molecule has 0 aromatic rings. The molecule has 0 aliphatic heterocycles. The molecule has 0 heterocycles. The molecule has 10 heavy (non-hydrogen) atoms. The second-order valence-corrected chi connectivity index (χ2v) is 4.34. The number of hydrogen-bond acceptors (Lipinski definition) is 5. The summed E-state index contributed by atoms with van der Waals surface area (Å²) < 4.78 is 0. The Morgan fingerprint density at radius 3 is 2.70 bits per heavy atom. The molecule has 0 aromatic heterocycles. The van der Waals surface area contributed by atoms with Crippen molar-refractivity contribution in [1.29, 1.82) is 0 Å². The molecule has 0 aromatic carbocycles. The summed E-state index contributed by atoms with van der Waals surface area (Å²) in [6.45, 7) is 0.0517. The van der Waals surface area contributed by atoms with E-state index in [0.29, 0.717) is 5.75 Å². The Bertz CT molecular complexity index is 110. The van der Waals surface area contributed by atoms with Gasteiger partial charge < -0.3 is 11.5 Å². The highest BCUT2D eigenvalue weighted by Crippen LogP contribution is 2.16. The molecule has 60 valence electrons. The monoisotopic (exact) mass is 180 g/mol. The van der Waals surface area contributed by atoms with E-state index in [1.54, 1.807) is 21.6 Å². The summed E-state index contributed by atoms with van der Waals surface area (Å²) in [5.74, 6) is 0.582. The van der Waals surface area contributed by atoms with E-state index >= 15 is 0 Å². The molecule has 0 unspecified atom stereocenters. The summed E-state index contributed by atoms with van der Waals surface area (Å²) in [6.07, 6.45) is 1.95. The average molecular weight is 180 g/mol. The van der Waals surface area contributed by atoms with E-state index in [9.17, 15) is 4.79 Å². The summed E-state index contributed by atoms with van der Waals surface area (Å²) in [4.78, 5) is 10.7. The molecule has 0 fully saturated rings. The molecule has 0 aliphatic carbocycles. The predicted octanol–water partition coefficient (Wildman–Crippen LogP) is -0.147. The summed E-state index contributed by atoms with van der Waals surface area (Å²) in [5.41, 5.74) is 10.5. The Hall–Kier alpha value is 0.290. The number of rotatable bonds is 5. The van der Waals surface area contributed by atoms with Crippen LogP contribution in [0, 0.1) is 0 Å². The fourth-order valence-electron chi connectivity index (χ4n) is 0.386. The van der Waals surface area contributed by atoms with Crippen LogP contribution in [-0.4, -0.2) is 30.4 Å². The minimum absolute atomic E-state index is 0.0517. The van der Waals surface area contributed by atoms with Crippen LogP contribution in [0.2, 0.25) is 0 Å². The predicted molar refractivity (Wildman–Crippen MR) is 48.0 cm³/mol. The number of hydrogen-bond donors (Lipinski definition) is 2. The molecule has 0 bridgehead atoms. The summed E-state index contributed by atoms with van der Waals surface area (Å²) in [5, 5.41) is 0. The molecule has 0 amide bonds. The fourth-order valence-corrected chi connectivity index (χ4v) is 1.70. The van der Waals surface area contributed by atoms with E-state index in [-0.39, 0.29) is 18.4 Å². The Balaban J connectivity index is 3.41. The first-order chi connectivity index (χ1) is 4.72. The van der Waals surface area contributed by atoms with Gasteiger partial charge in [-0.1, -0.05) is 21.6 Å². The first kappa shape index (κ1) is 10.3. The van der Waals surface area contributed by atoms with Gasteiger partial charge in [-0.15, -0.1) is 0 Å². The van der Waals surface area contributed by atoms with Gasteiger partial charge in [-0.3, -0.25) is 4.79 Å². The number of ketones is 1. The number of nitrogens with two attached hydrogens (primary N) is 2. The average Bonchev–Trinajstić information content (AvgIpc) is 1.98. The van der Waals surface area contributed by atoms with Crippen LogP contribution in [0.1, 0.15) is 0 Å². The Morgan fingerprint density at radius 2 is 2.30 bits per heavy atom. The smallest absolute Gasteiger partial charge is 0.163 e. The molecular weight excluding hydrogens is 168 g/mol. The van der Waals surface area contributed by atoms with Crippen LogP contribution in [0.4, 0.5) is 0 Å². The first-order valence-electron chi connectivity index (χ1n) is 2.86. The second-order valence-electron chi connectivity index (χ2n) is 1.73. The van der Waals surface area contributed by atoms with Crippen LogP contribution in [0.15, 0.2) is 0 Å². The van der Waals surface area contributed by atoms with E-state index < -0.39 is 0 Å². The molecule has 5 heteroatoms. The molecule has 4 N–H and O–H groups in total. The van der Waals surface area contributed by atoms with Crippen molar-refractivity contribution in [1.82, 2.24) is 0 Å². The van der Waals surface area contributed by atoms with Crippen molar-refractivity contribution in [2.75, 3.05) is 18.6 Å². The lowest BCUT2D eigenvalue weighted by Gasteiger charge is -2.05. The van der Waals surface area contributed by atoms with E-state index in [0.717, 1.165) is 0 Å². The van der Waals surface area contributed by atoms with Crippen LogP contribution in [0.5, 0.6) is 0 Å². The lowest BCUT2D eigenvalue weighted by atomic mass is 10.2. The van der Waals surface area contributed by atoms with Gasteiger partial charge in [-0.25, -0.2) is 0 Å². The van der Waals surface area contributed by atoms with Crippen molar-refractivity contribution in [3.8, 4) is 0 Å². The van der Waals surface area contributed by atoms with E-state index in [2.05, 4.69) is 0 Å². The van der Waals surface area contributed by atoms with Gasteiger partial charge in [0.25, 0.3) is 0 Å². The van der Waals surface area contributed by atoms with E-state index in [4.69, 9.17) is 11.5 Å². The molecule has 0 spiro atoms. The van der Waals surface area contributed by atoms with Crippen LogP contribution in [0.25, 0.3) is 0 Å². The number of carbonyl (C=O) groups is 1. The molecule has 0 aliphatic rings. The first-order valence-corrected chi connectivity index (χ1v) is 5.59. The summed E-state index contributed by atoms with van der Waals surface area (Å²) in [7, 11) is 3.18. The molecule has 1 atom stereocenters. The largest absolute Gasteiger partial charge is 0.324 e. The molecule has 0 saturated heterocycles. The number of Topliss-reactive ketones (excluding diaryl/α,β-unsaturated/α-hetero) is 1. The van der Waals surface area contributed by atoms with Crippen molar-refractivity contribution in [3.05, 3.63) is 0 Å². The Kier molecular flexibility index (Phi) is 6.20. The third kappa shape index (κ3) is 4.16. The molecule has 0 rings (SSSR count). The van der Waals surface area contributed by atoms with E-state index in [1.165, 1.54) is 0 Å². The highest BCUT2D eigenvalue weighted by Gasteiger charge is 2.10. The lowest BCUT2D eigenvalue weighted by Crippen LogP contribution is -2.37. The quantitative estimate of drug-likeness (QED) is 0.576. The Morgan fingerprint density at radius 1 is 1.70 bits per heavy atom. The standard InChI is InChI=1S/C5H12N2OS2/c1-9-10-3-4(7)5(8)2-6/h4H,2-3,6-7H2,1H3/t4-/m0/s1. The number of carbonyl (C=O) groups excluding carboxylic acids is 1. The van der Waals surface area contributed by atoms with Gasteiger partial charge in [0.2, 0.25) is 0 Å². The van der Waals surface area contributed by atoms with Gasteiger partial charge >= 0.3 is 0 Å². The minimum Gasteiger partial charge on any atom is -0.324 e. The molecular formula is C5H12N2OS2. The second kappa shape index (κ2) is 6.03. The van der Waals surface area contributed by atoms with E-state index in [1.807, 2.05) is 6.26 Å². The SMILES string of the molecule is CSSC[C@H](N)C(=O)CN. The van der Waals surface area contributed by atoms with Crippen LogP contribution >= 0.6 is 21.6 Å². The summed E-state index contributed by atoms with van der Waals surface area (Å²) >= 11 is 0. The highest BCUT2D eigenvalue weighted by molar-refractivity contribution is 8.76. The van der Waals surface area contributed by atoms with Crippen LogP contribution in [0.3, 0.4) is 0 Å². The zero-order valence-corrected chi connectivity index (χ0v) is 7.50. The fraction of sp³-hybridized carbons (Fsp3) is 0.800. The maximum Gasteiger partial charge on any atom is 0.163 e. The maximum atomic E-state index is 10.7. The van der Waals surface area contributed by atoms with Crippen LogP contribution < -0.4 is 11.5 Å². The van der Waals surface area contributed by atoms with Gasteiger partial charge in [0.1, 0.15) is 0 Å². The normalized spacial score (nSPS) is 13.1. The Labute approximate surface area is 68.7 Å². The van der Waals surface area contributed by atoms with Gasteiger partial charge in [0, 0.05) is 5.75 Å². The third-order valence-corrected chi connectivity index (χ3v) is 2.83.